The van der Waals surface area contributed by atoms with Crippen molar-refractivity contribution >= 4 is 11.8 Å². The van der Waals surface area contributed by atoms with Crippen molar-refractivity contribution in [2.24, 2.45) is 0 Å². The third-order valence-electron chi connectivity index (χ3n) is 3.72. The van der Waals surface area contributed by atoms with Crippen LogP contribution in [0.25, 0.3) is 0 Å². The topological polar surface area (TPSA) is 67.9 Å². The SMILES string of the molecule is CN(Cc1ccc(OC(F)F)cc1)C(=O)CNC(=O)c1cccc(OC(F)F)c1. The largest absolute Gasteiger partial charge is 0.435 e. The number of alkyl halides is 4. The van der Waals surface area contributed by atoms with Crippen molar-refractivity contribution in [1.82, 2.24) is 10.2 Å². The molecule has 6 nitrogen and oxygen atoms in total. The molecule has 2 rings (SSSR count). The van der Waals surface area contributed by atoms with Crippen LogP contribution in [0.15, 0.2) is 48.5 Å². The van der Waals surface area contributed by atoms with Gasteiger partial charge in [-0.15, -0.1) is 0 Å². The van der Waals surface area contributed by atoms with Gasteiger partial charge in [0.1, 0.15) is 11.5 Å². The van der Waals surface area contributed by atoms with Gasteiger partial charge in [0.2, 0.25) is 5.91 Å². The Morgan fingerprint density at radius 3 is 2.21 bits per heavy atom. The van der Waals surface area contributed by atoms with E-state index in [9.17, 15) is 27.2 Å². The van der Waals surface area contributed by atoms with Crippen LogP contribution in [0.3, 0.4) is 0 Å². The molecule has 0 fully saturated rings. The lowest BCUT2D eigenvalue weighted by atomic mass is 10.2. The van der Waals surface area contributed by atoms with E-state index in [1.54, 1.807) is 0 Å². The van der Waals surface area contributed by atoms with Gasteiger partial charge < -0.3 is 19.7 Å². The Labute approximate surface area is 164 Å². The number of amides is 2. The summed E-state index contributed by atoms with van der Waals surface area (Å²) in [5.41, 5.74) is 0.735. The minimum atomic E-state index is -3.01. The van der Waals surface area contributed by atoms with Crippen LogP contribution in [0.4, 0.5) is 17.6 Å². The van der Waals surface area contributed by atoms with Gasteiger partial charge in [-0.3, -0.25) is 9.59 Å². The number of likely N-dealkylation sites (N-methyl/N-ethyl adjacent to an activating group) is 1. The second-order valence-corrected chi connectivity index (χ2v) is 5.86. The Morgan fingerprint density at radius 2 is 1.59 bits per heavy atom. The fourth-order valence-corrected chi connectivity index (χ4v) is 2.34. The molecule has 0 unspecified atom stereocenters. The van der Waals surface area contributed by atoms with Gasteiger partial charge >= 0.3 is 13.2 Å². The molecule has 0 saturated heterocycles. The van der Waals surface area contributed by atoms with E-state index in [1.165, 1.54) is 54.4 Å². The van der Waals surface area contributed by atoms with E-state index in [2.05, 4.69) is 14.8 Å². The average molecular weight is 414 g/mol. The predicted molar refractivity (Wildman–Crippen MR) is 95.0 cm³/mol. The van der Waals surface area contributed by atoms with Crippen LogP contribution in [-0.4, -0.2) is 43.5 Å². The van der Waals surface area contributed by atoms with Crippen LogP contribution in [-0.2, 0) is 11.3 Å². The van der Waals surface area contributed by atoms with Crippen molar-refractivity contribution in [2.75, 3.05) is 13.6 Å². The van der Waals surface area contributed by atoms with E-state index >= 15 is 0 Å². The normalized spacial score (nSPS) is 10.7. The maximum Gasteiger partial charge on any atom is 0.387 e. The summed E-state index contributed by atoms with van der Waals surface area (Å²) in [6.07, 6.45) is 0. The first kappa shape index (κ1) is 22.0. The molecule has 156 valence electrons. The number of benzene rings is 2. The van der Waals surface area contributed by atoms with E-state index in [-0.39, 0.29) is 30.2 Å². The number of ether oxygens (including phenoxy) is 2. The molecule has 2 amide bonds. The van der Waals surface area contributed by atoms with Crippen LogP contribution in [0, 0.1) is 0 Å². The number of halogens is 4. The number of carbonyl (C=O) groups excluding carboxylic acids is 2. The van der Waals surface area contributed by atoms with Gasteiger partial charge in [0.05, 0.1) is 6.54 Å². The molecule has 0 aliphatic heterocycles. The molecule has 2 aromatic rings. The molecule has 0 atom stereocenters. The average Bonchev–Trinajstić information content (AvgIpc) is 2.66. The van der Waals surface area contributed by atoms with Crippen LogP contribution < -0.4 is 14.8 Å². The van der Waals surface area contributed by atoms with Crippen molar-refractivity contribution in [1.29, 1.82) is 0 Å². The summed E-state index contributed by atoms with van der Waals surface area (Å²) in [6.45, 7) is -6.07. The first-order valence-electron chi connectivity index (χ1n) is 8.35. The van der Waals surface area contributed by atoms with Crippen LogP contribution >= 0.6 is 0 Å². The number of hydrogen-bond donors (Lipinski definition) is 1. The van der Waals surface area contributed by atoms with E-state index in [1.807, 2.05) is 0 Å². The molecule has 0 aliphatic carbocycles. The van der Waals surface area contributed by atoms with Crippen molar-refractivity contribution in [3.8, 4) is 11.5 Å². The fourth-order valence-electron chi connectivity index (χ4n) is 2.34. The fraction of sp³-hybridized carbons (Fsp3) is 0.263. The molecule has 0 bridgehead atoms. The van der Waals surface area contributed by atoms with Crippen LogP contribution in [0.5, 0.6) is 11.5 Å². The zero-order valence-electron chi connectivity index (χ0n) is 15.3. The van der Waals surface area contributed by atoms with E-state index in [0.717, 1.165) is 6.07 Å². The molecule has 29 heavy (non-hydrogen) atoms. The Bertz CT molecular complexity index is 831. The Morgan fingerprint density at radius 1 is 0.966 bits per heavy atom. The number of nitrogens with zero attached hydrogens (tertiary/aromatic N) is 1. The zero-order valence-corrected chi connectivity index (χ0v) is 15.3. The first-order chi connectivity index (χ1) is 13.7. The molecule has 0 aromatic heterocycles. The summed E-state index contributed by atoms with van der Waals surface area (Å²) >= 11 is 0. The van der Waals surface area contributed by atoms with Crippen molar-refractivity contribution in [3.63, 3.8) is 0 Å². The molecule has 0 spiro atoms. The summed E-state index contributed by atoms with van der Waals surface area (Å²) in [7, 11) is 1.51. The van der Waals surface area contributed by atoms with Gasteiger partial charge in [-0.05, 0) is 35.9 Å². The molecule has 0 aliphatic rings. The number of hydrogen-bond acceptors (Lipinski definition) is 4. The lowest BCUT2D eigenvalue weighted by Gasteiger charge is -2.18. The predicted octanol–water partition coefficient (Wildman–Crippen LogP) is 3.28. The van der Waals surface area contributed by atoms with E-state index in [0.29, 0.717) is 5.56 Å². The molecular weight excluding hydrogens is 396 g/mol. The third-order valence-corrected chi connectivity index (χ3v) is 3.72. The summed E-state index contributed by atoms with van der Waals surface area (Å²) in [6, 6.07) is 11.0. The van der Waals surface area contributed by atoms with Gasteiger partial charge in [-0.25, -0.2) is 0 Å². The van der Waals surface area contributed by atoms with Gasteiger partial charge in [0.25, 0.3) is 5.91 Å². The second-order valence-electron chi connectivity index (χ2n) is 5.86. The molecule has 10 heteroatoms. The number of carbonyl (C=O) groups is 2. The van der Waals surface area contributed by atoms with E-state index in [4.69, 9.17) is 0 Å². The second kappa shape index (κ2) is 10.3. The molecule has 0 heterocycles. The summed E-state index contributed by atoms with van der Waals surface area (Å²) in [4.78, 5) is 25.6. The molecule has 0 radical (unpaired) electrons. The standard InChI is InChI=1S/C19H18F4N2O4/c1-25(11-12-5-7-14(8-6-12)28-18(20)21)16(26)10-24-17(27)13-3-2-4-15(9-13)29-19(22)23/h2-9,18-19H,10-11H2,1H3,(H,24,27). The molecule has 0 saturated carbocycles. The Hall–Kier alpha value is -3.30. The molecule has 2 aromatic carbocycles. The molecular formula is C19H18F4N2O4. The molecule has 1 N–H and O–H groups in total. The zero-order chi connectivity index (χ0) is 21.4. The summed E-state index contributed by atoms with van der Waals surface area (Å²) < 4.78 is 57.2. The number of nitrogens with one attached hydrogen (secondary N) is 1. The maximum atomic E-state index is 12.2. The quantitative estimate of drug-likeness (QED) is 0.640. The first-order valence-corrected chi connectivity index (χ1v) is 8.35. The van der Waals surface area contributed by atoms with E-state index < -0.39 is 25.0 Å². The highest BCUT2D eigenvalue weighted by molar-refractivity contribution is 5.96. The minimum absolute atomic E-state index is 0.00282. The van der Waals surface area contributed by atoms with Crippen LogP contribution in [0.2, 0.25) is 0 Å². The van der Waals surface area contributed by atoms with Crippen molar-refractivity contribution in [2.45, 2.75) is 19.8 Å². The van der Waals surface area contributed by atoms with Gasteiger partial charge in [0, 0.05) is 19.2 Å². The Balaban J connectivity index is 1.85. The highest BCUT2D eigenvalue weighted by Crippen LogP contribution is 2.17. The van der Waals surface area contributed by atoms with Gasteiger partial charge in [-0.1, -0.05) is 18.2 Å². The van der Waals surface area contributed by atoms with Gasteiger partial charge in [-0.2, -0.15) is 17.6 Å². The smallest absolute Gasteiger partial charge is 0.387 e. The highest BCUT2D eigenvalue weighted by Gasteiger charge is 2.14. The summed E-state index contributed by atoms with van der Waals surface area (Å²) in [5, 5.41) is 2.40. The maximum absolute atomic E-state index is 12.2. The van der Waals surface area contributed by atoms with Crippen molar-refractivity contribution in [3.05, 3.63) is 59.7 Å². The lowest BCUT2D eigenvalue weighted by molar-refractivity contribution is -0.129. The van der Waals surface area contributed by atoms with Crippen molar-refractivity contribution < 1.29 is 36.6 Å². The Kier molecular flexibility index (Phi) is 7.81. The van der Waals surface area contributed by atoms with Crippen LogP contribution in [0.1, 0.15) is 15.9 Å². The number of rotatable bonds is 9. The summed E-state index contributed by atoms with van der Waals surface area (Å²) in [5.74, 6) is -1.20. The monoisotopic (exact) mass is 414 g/mol. The van der Waals surface area contributed by atoms with Gasteiger partial charge in [0.15, 0.2) is 0 Å². The third kappa shape index (κ3) is 7.32. The lowest BCUT2D eigenvalue weighted by Crippen LogP contribution is -2.37. The minimum Gasteiger partial charge on any atom is -0.435 e. The highest BCUT2D eigenvalue weighted by atomic mass is 19.3.